The van der Waals surface area contributed by atoms with E-state index in [2.05, 4.69) is 14.9 Å². The second-order valence-corrected chi connectivity index (χ2v) is 5.78. The highest BCUT2D eigenvalue weighted by Crippen LogP contribution is 2.26. The summed E-state index contributed by atoms with van der Waals surface area (Å²) in [7, 11) is 0. The van der Waals surface area contributed by atoms with Crippen molar-refractivity contribution >= 4 is 29.0 Å². The summed E-state index contributed by atoms with van der Waals surface area (Å²) >= 11 is 7.18. The maximum absolute atomic E-state index is 12.5. The van der Waals surface area contributed by atoms with Crippen LogP contribution in [0.2, 0.25) is 5.02 Å². The molecule has 1 saturated heterocycles. The molecule has 7 heteroatoms. The number of carbonyl (C=O) groups is 1. The molecule has 1 atom stereocenters. The molecule has 2 aromatic rings. The van der Waals surface area contributed by atoms with E-state index in [1.165, 1.54) is 6.20 Å². The average molecular weight is 309 g/mol. The fourth-order valence-electron chi connectivity index (χ4n) is 2.36. The molecule has 3 rings (SSSR count). The Labute approximate surface area is 125 Å². The molecule has 1 aromatic heterocycles. The van der Waals surface area contributed by atoms with E-state index in [1.54, 1.807) is 0 Å². The number of rotatable bonds is 2. The van der Waals surface area contributed by atoms with Gasteiger partial charge in [0.05, 0.1) is 12.2 Å². The molecule has 1 aromatic carbocycles. The number of nitrogens with zero attached hydrogens (tertiary/aromatic N) is 3. The van der Waals surface area contributed by atoms with E-state index < -0.39 is 0 Å². The van der Waals surface area contributed by atoms with Crippen LogP contribution in [0.4, 0.5) is 0 Å². The standard InChI is InChI=1S/C13H13ClN4OS/c14-10-3-1-2-9(6-10)11-7-15-4-5-18(11)13(19)12-8-16-17-20-12/h1-3,6,8,11,15H,4-5,7H2. The fraction of sp³-hybridized carbons (Fsp3) is 0.308. The SMILES string of the molecule is O=C(c1cnns1)N1CCNCC1c1cccc(Cl)c1. The van der Waals surface area contributed by atoms with E-state index in [9.17, 15) is 4.79 Å². The number of piperazine rings is 1. The summed E-state index contributed by atoms with van der Waals surface area (Å²) in [5, 5.41) is 7.73. The summed E-state index contributed by atoms with van der Waals surface area (Å²) in [6.07, 6.45) is 1.52. The molecule has 0 aliphatic carbocycles. The lowest BCUT2D eigenvalue weighted by Crippen LogP contribution is -2.48. The van der Waals surface area contributed by atoms with E-state index >= 15 is 0 Å². The number of aromatic nitrogens is 2. The lowest BCUT2D eigenvalue weighted by atomic mass is 10.0. The molecule has 1 aliphatic rings. The van der Waals surface area contributed by atoms with Crippen molar-refractivity contribution in [3.05, 3.63) is 45.9 Å². The van der Waals surface area contributed by atoms with Crippen LogP contribution >= 0.6 is 23.1 Å². The molecule has 0 spiro atoms. The minimum Gasteiger partial charge on any atom is -0.328 e. The topological polar surface area (TPSA) is 58.1 Å². The minimum atomic E-state index is -0.0218. The minimum absolute atomic E-state index is 0.0166. The maximum atomic E-state index is 12.5. The third-order valence-corrected chi connectivity index (χ3v) is 4.20. The van der Waals surface area contributed by atoms with Crippen molar-refractivity contribution in [3.8, 4) is 0 Å². The lowest BCUT2D eigenvalue weighted by Gasteiger charge is -2.36. The van der Waals surface area contributed by atoms with Gasteiger partial charge < -0.3 is 10.2 Å². The molecule has 1 unspecified atom stereocenters. The summed E-state index contributed by atoms with van der Waals surface area (Å²) in [6, 6.07) is 7.63. The number of hydrogen-bond acceptors (Lipinski definition) is 5. The van der Waals surface area contributed by atoms with Crippen molar-refractivity contribution in [2.24, 2.45) is 0 Å². The second-order valence-electron chi connectivity index (χ2n) is 4.56. The Morgan fingerprint density at radius 1 is 1.50 bits per heavy atom. The van der Waals surface area contributed by atoms with Crippen molar-refractivity contribution in [2.45, 2.75) is 6.04 Å². The van der Waals surface area contributed by atoms with E-state index in [4.69, 9.17) is 11.6 Å². The van der Waals surface area contributed by atoms with Gasteiger partial charge in [0.15, 0.2) is 0 Å². The number of carbonyl (C=O) groups excluding carboxylic acids is 1. The monoisotopic (exact) mass is 308 g/mol. The molecule has 0 radical (unpaired) electrons. The fourth-order valence-corrected chi connectivity index (χ4v) is 3.03. The predicted molar refractivity (Wildman–Crippen MR) is 78.0 cm³/mol. The predicted octanol–water partition coefficient (Wildman–Crippen LogP) is 1.98. The Morgan fingerprint density at radius 2 is 2.40 bits per heavy atom. The van der Waals surface area contributed by atoms with Crippen LogP contribution in [0.25, 0.3) is 0 Å². The smallest absolute Gasteiger partial charge is 0.267 e. The summed E-state index contributed by atoms with van der Waals surface area (Å²) in [6.45, 7) is 2.17. The Balaban J connectivity index is 1.89. The van der Waals surface area contributed by atoms with Gasteiger partial charge in [-0.05, 0) is 29.2 Å². The first kappa shape index (κ1) is 13.5. The highest BCUT2D eigenvalue weighted by atomic mass is 35.5. The zero-order chi connectivity index (χ0) is 13.9. The van der Waals surface area contributed by atoms with E-state index in [0.29, 0.717) is 16.4 Å². The number of amides is 1. The molecule has 2 heterocycles. The normalized spacial score (nSPS) is 19.1. The first-order chi connectivity index (χ1) is 9.75. The molecule has 0 saturated carbocycles. The molecule has 1 fully saturated rings. The van der Waals surface area contributed by atoms with Gasteiger partial charge in [0, 0.05) is 24.7 Å². The van der Waals surface area contributed by atoms with Crippen molar-refractivity contribution in [2.75, 3.05) is 19.6 Å². The Kier molecular flexibility index (Phi) is 3.95. The van der Waals surface area contributed by atoms with Gasteiger partial charge in [-0.3, -0.25) is 4.79 Å². The van der Waals surface area contributed by atoms with Crippen LogP contribution in [-0.2, 0) is 0 Å². The highest BCUT2D eigenvalue weighted by molar-refractivity contribution is 7.07. The summed E-state index contributed by atoms with van der Waals surface area (Å²) in [5.41, 5.74) is 1.04. The summed E-state index contributed by atoms with van der Waals surface area (Å²) < 4.78 is 3.76. The third-order valence-electron chi connectivity index (χ3n) is 3.31. The van der Waals surface area contributed by atoms with Gasteiger partial charge in [0.2, 0.25) is 0 Å². The molecule has 0 bridgehead atoms. The average Bonchev–Trinajstić information content (AvgIpc) is 3.01. The Morgan fingerprint density at radius 3 is 3.15 bits per heavy atom. The van der Waals surface area contributed by atoms with E-state index in [0.717, 1.165) is 30.2 Å². The zero-order valence-electron chi connectivity index (χ0n) is 10.6. The van der Waals surface area contributed by atoms with Crippen molar-refractivity contribution < 1.29 is 4.79 Å². The maximum Gasteiger partial charge on any atom is 0.267 e. The van der Waals surface area contributed by atoms with E-state index in [-0.39, 0.29) is 11.9 Å². The first-order valence-electron chi connectivity index (χ1n) is 6.30. The van der Waals surface area contributed by atoms with Gasteiger partial charge in [0.1, 0.15) is 4.88 Å². The quantitative estimate of drug-likeness (QED) is 0.921. The molecular weight excluding hydrogens is 296 g/mol. The summed E-state index contributed by atoms with van der Waals surface area (Å²) in [4.78, 5) is 15.0. The highest BCUT2D eigenvalue weighted by Gasteiger charge is 2.29. The van der Waals surface area contributed by atoms with Gasteiger partial charge in [-0.2, -0.15) is 0 Å². The molecule has 20 heavy (non-hydrogen) atoms. The van der Waals surface area contributed by atoms with Crippen LogP contribution in [0.5, 0.6) is 0 Å². The van der Waals surface area contributed by atoms with Crippen molar-refractivity contribution in [1.82, 2.24) is 19.8 Å². The van der Waals surface area contributed by atoms with Crippen molar-refractivity contribution in [1.29, 1.82) is 0 Å². The number of benzene rings is 1. The van der Waals surface area contributed by atoms with Crippen LogP contribution in [0.15, 0.2) is 30.5 Å². The number of hydrogen-bond donors (Lipinski definition) is 1. The molecule has 1 N–H and O–H groups in total. The zero-order valence-corrected chi connectivity index (χ0v) is 12.2. The Bertz CT molecular complexity index is 604. The van der Waals surface area contributed by atoms with Crippen LogP contribution in [0.1, 0.15) is 21.3 Å². The van der Waals surface area contributed by atoms with Gasteiger partial charge in [-0.15, -0.1) is 5.10 Å². The van der Waals surface area contributed by atoms with Gasteiger partial charge >= 0.3 is 0 Å². The number of halogens is 1. The second kappa shape index (κ2) is 5.87. The number of nitrogens with one attached hydrogen (secondary N) is 1. The molecule has 5 nitrogen and oxygen atoms in total. The molecule has 104 valence electrons. The van der Waals surface area contributed by atoms with Crippen LogP contribution in [0, 0.1) is 0 Å². The molecule has 1 amide bonds. The first-order valence-corrected chi connectivity index (χ1v) is 7.45. The lowest BCUT2D eigenvalue weighted by molar-refractivity contribution is 0.0639. The van der Waals surface area contributed by atoms with Crippen molar-refractivity contribution in [3.63, 3.8) is 0 Å². The molecule has 1 aliphatic heterocycles. The van der Waals surface area contributed by atoms with Crippen LogP contribution < -0.4 is 5.32 Å². The van der Waals surface area contributed by atoms with Crippen LogP contribution in [-0.4, -0.2) is 40.0 Å². The van der Waals surface area contributed by atoms with Crippen LogP contribution in [0.3, 0.4) is 0 Å². The van der Waals surface area contributed by atoms with Gasteiger partial charge in [0.25, 0.3) is 5.91 Å². The van der Waals surface area contributed by atoms with E-state index in [1.807, 2.05) is 29.2 Å². The third kappa shape index (κ3) is 2.67. The summed E-state index contributed by atoms with van der Waals surface area (Å²) in [5.74, 6) is -0.0218. The van der Waals surface area contributed by atoms with Gasteiger partial charge in [-0.25, -0.2) is 0 Å². The molecular formula is C13H13ClN4OS. The largest absolute Gasteiger partial charge is 0.328 e. The Hall–Kier alpha value is -1.50. The van der Waals surface area contributed by atoms with Gasteiger partial charge in [-0.1, -0.05) is 28.2 Å².